The average molecular weight is 773 g/mol. The Labute approximate surface area is 339 Å². The van der Waals surface area contributed by atoms with Crippen LogP contribution < -0.4 is 10.4 Å². The molecule has 0 spiro atoms. The molecule has 0 aromatic heterocycles. The van der Waals surface area contributed by atoms with Gasteiger partial charge in [-0.05, 0) is 118 Å². The van der Waals surface area contributed by atoms with Gasteiger partial charge in [-0.25, -0.2) is 9.59 Å². The van der Waals surface area contributed by atoms with Gasteiger partial charge in [-0.15, -0.1) is 0 Å². The second-order valence-corrected chi connectivity index (χ2v) is 20.3. The lowest BCUT2D eigenvalue weighted by molar-refractivity contribution is -0.114. The van der Waals surface area contributed by atoms with Gasteiger partial charge in [-0.2, -0.15) is 0 Å². The molecule has 2 aliphatic rings. The summed E-state index contributed by atoms with van der Waals surface area (Å²) in [5.74, 6) is -1.13. The number of ketones is 2. The molecule has 296 valence electrons. The van der Waals surface area contributed by atoms with E-state index in [1.165, 1.54) is 14.2 Å². The highest BCUT2D eigenvalue weighted by Gasteiger charge is 2.37. The Balaban J connectivity index is 1.71. The number of hydrogen-bond donors (Lipinski definition) is 0. The van der Waals surface area contributed by atoms with Crippen LogP contribution in [0.1, 0.15) is 104 Å². The van der Waals surface area contributed by atoms with Crippen molar-refractivity contribution in [3.05, 3.63) is 105 Å². The first kappa shape index (κ1) is 39.2. The first-order chi connectivity index (χ1) is 26.9. The van der Waals surface area contributed by atoms with Crippen molar-refractivity contribution in [3.63, 3.8) is 0 Å². The van der Waals surface area contributed by atoms with E-state index in [9.17, 15) is 19.2 Å². The Morgan fingerprint density at radius 2 is 0.897 bits per heavy atom. The molecule has 0 saturated carbocycles. The van der Waals surface area contributed by atoms with Crippen molar-refractivity contribution in [2.45, 2.75) is 83.1 Å². The number of esters is 2. The molecule has 6 nitrogen and oxygen atoms in total. The zero-order valence-electron chi connectivity index (χ0n) is 36.2. The number of hydrogen-bond acceptors (Lipinski definition) is 6. The van der Waals surface area contributed by atoms with E-state index in [0.717, 1.165) is 70.4 Å². The maximum atomic E-state index is 14.5. The molecule has 0 amide bonds. The van der Waals surface area contributed by atoms with Gasteiger partial charge in [-0.3, -0.25) is 9.59 Å². The number of allylic oxidation sites excluding steroid dienone is 8. The maximum Gasteiger partial charge on any atom is 0.339 e. The van der Waals surface area contributed by atoms with Gasteiger partial charge in [0.15, 0.2) is 11.6 Å². The monoisotopic (exact) mass is 772 g/mol. The molecule has 0 radical (unpaired) electrons. The zero-order chi connectivity index (χ0) is 42.3. The van der Waals surface area contributed by atoms with E-state index < -0.39 is 33.6 Å². The minimum absolute atomic E-state index is 0.0175. The normalized spacial score (nSPS) is 16.3. The molecule has 0 aliphatic heterocycles. The molecule has 0 fully saturated rings. The quantitative estimate of drug-likeness (QED) is 0.129. The first-order valence-corrected chi connectivity index (χ1v) is 20.1. The summed E-state index contributed by atoms with van der Waals surface area (Å²) in [5, 5.41) is 10.4. The fraction of sp³-hybridized carbons (Fsp3) is 0.346. The molecule has 0 heterocycles. The van der Waals surface area contributed by atoms with Crippen molar-refractivity contribution in [3.8, 4) is 0 Å². The maximum absolute atomic E-state index is 14.5. The molecule has 0 bridgehead atoms. The van der Waals surface area contributed by atoms with Crippen LogP contribution in [0, 0.1) is 21.7 Å². The first-order valence-electron chi connectivity index (χ1n) is 20.1. The highest BCUT2D eigenvalue weighted by Crippen LogP contribution is 2.49. The second kappa shape index (κ2) is 12.4. The lowest BCUT2D eigenvalue weighted by Crippen LogP contribution is -2.30. The molecule has 6 aromatic carbocycles. The van der Waals surface area contributed by atoms with E-state index in [0.29, 0.717) is 27.3 Å². The Bertz CT molecular complexity index is 3020. The minimum Gasteiger partial charge on any atom is -0.465 e. The average Bonchev–Trinajstić information content (AvgIpc) is 3.50. The van der Waals surface area contributed by atoms with Gasteiger partial charge in [0.05, 0.1) is 25.3 Å². The number of carbonyl (C=O) groups is 4. The fourth-order valence-electron chi connectivity index (χ4n) is 9.36. The van der Waals surface area contributed by atoms with E-state index in [1.807, 2.05) is 71.9 Å². The summed E-state index contributed by atoms with van der Waals surface area (Å²) in [6.07, 6.45) is 7.93. The summed E-state index contributed by atoms with van der Waals surface area (Å²) in [6.45, 7) is 24.6. The van der Waals surface area contributed by atoms with Gasteiger partial charge < -0.3 is 9.47 Å². The molecule has 0 N–H and O–H groups in total. The van der Waals surface area contributed by atoms with E-state index in [1.54, 1.807) is 0 Å². The van der Waals surface area contributed by atoms with E-state index in [2.05, 4.69) is 71.9 Å². The molecule has 0 unspecified atom stereocenters. The van der Waals surface area contributed by atoms with Crippen LogP contribution in [0.25, 0.3) is 65.0 Å². The van der Waals surface area contributed by atoms with Crippen LogP contribution in [-0.2, 0) is 19.1 Å². The largest absolute Gasteiger partial charge is 0.465 e. The Kier molecular flexibility index (Phi) is 8.41. The topological polar surface area (TPSA) is 86.7 Å². The van der Waals surface area contributed by atoms with Crippen LogP contribution in [0.15, 0.2) is 83.0 Å². The molecule has 6 aromatic rings. The van der Waals surface area contributed by atoms with Gasteiger partial charge in [0.25, 0.3) is 0 Å². The number of carbonyl (C=O) groups excluding carboxylic acids is 4. The SMILES string of the molecule is COC(=O)c1cc2cc(=C3C=C(C(C)(C)C)C(=O)C(C(C)(C)C)=C3)c3ccc4ccc5c(=C6C=C(C(C)(C)C)C(=O)C(C(C)(C)C)=C6)c(C(=O)OC)c1c1c2c3c4c51. The lowest BCUT2D eigenvalue weighted by Gasteiger charge is -2.31. The highest BCUT2D eigenvalue weighted by atomic mass is 16.5. The molecule has 0 atom stereocenters. The van der Waals surface area contributed by atoms with Gasteiger partial charge in [-0.1, -0.05) is 107 Å². The molecule has 6 heteroatoms. The molecule has 58 heavy (non-hydrogen) atoms. The smallest absolute Gasteiger partial charge is 0.339 e. The van der Waals surface area contributed by atoms with Crippen molar-refractivity contribution in [2.24, 2.45) is 21.7 Å². The number of benzene rings is 5. The van der Waals surface area contributed by atoms with E-state index in [4.69, 9.17) is 9.47 Å². The fourth-order valence-corrected chi connectivity index (χ4v) is 9.36. The standard InChI is InChI=1S/C52H52O6/c1-49(2,3)33-21-26(22-34(45(33)53)50(4,5)6)31-19-27-20-32(47(55)57-13)42-43-39(27)40-29(31)17-15-25-16-18-30(41(43)38(25)40)37(44(42)48(56)58-14)28-23-35(51(7,8)9)46(54)36(24-28)52(10,11)12/h15-24H,1-14H3. The van der Waals surface area contributed by atoms with Crippen molar-refractivity contribution in [1.82, 2.24) is 0 Å². The number of rotatable bonds is 2. The summed E-state index contributed by atoms with van der Waals surface area (Å²) in [6, 6.07) is 12.4. The molecular weight excluding hydrogens is 721 g/mol. The summed E-state index contributed by atoms with van der Waals surface area (Å²) in [7, 11) is 2.71. The van der Waals surface area contributed by atoms with E-state index >= 15 is 0 Å². The van der Waals surface area contributed by atoms with Gasteiger partial charge >= 0.3 is 11.9 Å². The van der Waals surface area contributed by atoms with Crippen LogP contribution in [0.3, 0.4) is 0 Å². The predicted octanol–water partition coefficient (Wildman–Crippen LogP) is 10.7. The Morgan fingerprint density at radius 3 is 1.36 bits per heavy atom. The van der Waals surface area contributed by atoms with Gasteiger partial charge in [0.1, 0.15) is 0 Å². The zero-order valence-corrected chi connectivity index (χ0v) is 36.2. The third-order valence-electron chi connectivity index (χ3n) is 12.2. The summed E-state index contributed by atoms with van der Waals surface area (Å²) >= 11 is 0. The third-order valence-corrected chi connectivity index (χ3v) is 12.2. The van der Waals surface area contributed by atoms with Crippen LogP contribution in [0.2, 0.25) is 0 Å². The second-order valence-electron chi connectivity index (χ2n) is 20.3. The number of Topliss-reactive ketones (excluding diaryl/α,β-unsaturated/α-hetero) is 2. The van der Waals surface area contributed by atoms with Gasteiger partial charge in [0.2, 0.25) is 0 Å². The third kappa shape index (κ3) is 5.58. The molecular formula is C52H52O6. The summed E-state index contributed by atoms with van der Waals surface area (Å²) < 4.78 is 11.1. The van der Waals surface area contributed by atoms with Crippen molar-refractivity contribution in [1.29, 1.82) is 0 Å². The van der Waals surface area contributed by atoms with Crippen molar-refractivity contribution >= 4 is 88.5 Å². The lowest BCUT2D eigenvalue weighted by atomic mass is 9.71. The minimum atomic E-state index is -0.590. The Hall–Kier alpha value is -5.62. The summed E-state index contributed by atoms with van der Waals surface area (Å²) in [4.78, 5) is 56.8. The van der Waals surface area contributed by atoms with Gasteiger partial charge in [0, 0.05) is 38.3 Å². The summed E-state index contributed by atoms with van der Waals surface area (Å²) in [5.41, 5.74) is 3.10. The van der Waals surface area contributed by atoms with Crippen LogP contribution in [0.4, 0.5) is 0 Å². The number of methoxy groups -OCH3 is 2. The Morgan fingerprint density at radius 1 is 0.466 bits per heavy atom. The van der Waals surface area contributed by atoms with Crippen LogP contribution in [0.5, 0.6) is 0 Å². The van der Waals surface area contributed by atoms with Crippen molar-refractivity contribution < 1.29 is 28.7 Å². The molecule has 2 aliphatic carbocycles. The van der Waals surface area contributed by atoms with E-state index in [-0.39, 0.29) is 22.7 Å². The van der Waals surface area contributed by atoms with Crippen LogP contribution >= 0.6 is 0 Å². The number of ether oxygens (including phenoxy) is 2. The van der Waals surface area contributed by atoms with Crippen LogP contribution in [-0.4, -0.2) is 37.7 Å². The molecule has 8 rings (SSSR count). The predicted molar refractivity (Wildman–Crippen MR) is 236 cm³/mol. The molecule has 0 saturated heterocycles. The van der Waals surface area contributed by atoms with Crippen molar-refractivity contribution in [2.75, 3.05) is 14.2 Å². The highest BCUT2D eigenvalue weighted by molar-refractivity contribution is 6.47.